The van der Waals surface area contributed by atoms with Crippen LogP contribution in [0.15, 0.2) is 42.5 Å². The molecule has 2 aromatic carbocycles. The molecule has 0 bridgehead atoms. The summed E-state index contributed by atoms with van der Waals surface area (Å²) in [4.78, 5) is 12.2. The van der Waals surface area contributed by atoms with Crippen LogP contribution >= 0.6 is 0 Å². The van der Waals surface area contributed by atoms with E-state index in [2.05, 4.69) is 5.32 Å². The van der Waals surface area contributed by atoms with Crippen LogP contribution in [0, 0.1) is 17.6 Å². The quantitative estimate of drug-likeness (QED) is 0.903. The first-order valence-corrected chi connectivity index (χ1v) is 7.65. The van der Waals surface area contributed by atoms with Crippen molar-refractivity contribution in [1.29, 1.82) is 0 Å². The van der Waals surface area contributed by atoms with E-state index in [1.807, 2.05) is 0 Å². The fraction of sp³-hybridized carbons (Fsp3) is 0.278. The fourth-order valence-corrected chi connectivity index (χ4v) is 2.68. The van der Waals surface area contributed by atoms with E-state index in [1.165, 1.54) is 36.4 Å². The Morgan fingerprint density at radius 1 is 1.21 bits per heavy atom. The highest BCUT2D eigenvalue weighted by Crippen LogP contribution is 2.28. The van der Waals surface area contributed by atoms with Gasteiger partial charge in [0.15, 0.2) is 0 Å². The monoisotopic (exact) mass is 333 g/mol. The summed E-state index contributed by atoms with van der Waals surface area (Å²) >= 11 is 0. The van der Waals surface area contributed by atoms with Crippen LogP contribution in [0.5, 0.6) is 5.75 Å². The molecule has 1 amide bonds. The molecular weight excluding hydrogens is 316 g/mol. The van der Waals surface area contributed by atoms with Crippen molar-refractivity contribution in [3.63, 3.8) is 0 Å². The Labute approximate surface area is 138 Å². The molecule has 0 saturated carbocycles. The SMILES string of the molecule is O=C(NCC(O)c1ccc(F)cc1)C1COc2ccc(F)cc2C1. The molecule has 126 valence electrons. The largest absolute Gasteiger partial charge is 0.492 e. The number of carbonyl (C=O) groups excluding carboxylic acids is 1. The summed E-state index contributed by atoms with van der Waals surface area (Å²) in [5, 5.41) is 12.7. The topological polar surface area (TPSA) is 58.6 Å². The van der Waals surface area contributed by atoms with Gasteiger partial charge in [-0.15, -0.1) is 0 Å². The van der Waals surface area contributed by atoms with Gasteiger partial charge in [0, 0.05) is 6.54 Å². The highest BCUT2D eigenvalue weighted by atomic mass is 19.1. The molecule has 0 fully saturated rings. The van der Waals surface area contributed by atoms with Crippen LogP contribution < -0.4 is 10.1 Å². The van der Waals surface area contributed by atoms with E-state index in [0.717, 1.165) is 0 Å². The minimum atomic E-state index is -0.927. The molecule has 2 N–H and O–H groups in total. The first-order valence-electron chi connectivity index (χ1n) is 7.65. The molecule has 0 aliphatic carbocycles. The van der Waals surface area contributed by atoms with Crippen LogP contribution in [0.1, 0.15) is 17.2 Å². The van der Waals surface area contributed by atoms with Gasteiger partial charge in [0.25, 0.3) is 0 Å². The van der Waals surface area contributed by atoms with Crippen molar-refractivity contribution in [2.24, 2.45) is 5.92 Å². The molecule has 4 nitrogen and oxygen atoms in total. The predicted molar refractivity (Wildman–Crippen MR) is 83.5 cm³/mol. The first-order chi connectivity index (χ1) is 11.5. The highest BCUT2D eigenvalue weighted by Gasteiger charge is 2.26. The van der Waals surface area contributed by atoms with Gasteiger partial charge in [-0.25, -0.2) is 8.78 Å². The summed E-state index contributed by atoms with van der Waals surface area (Å²) in [5.41, 5.74) is 1.17. The van der Waals surface area contributed by atoms with E-state index >= 15 is 0 Å². The molecule has 24 heavy (non-hydrogen) atoms. The maximum atomic E-state index is 13.3. The minimum Gasteiger partial charge on any atom is -0.492 e. The van der Waals surface area contributed by atoms with Crippen LogP contribution in [0.4, 0.5) is 8.78 Å². The Balaban J connectivity index is 1.56. The summed E-state index contributed by atoms with van der Waals surface area (Å²) in [6, 6.07) is 9.67. The van der Waals surface area contributed by atoms with Crippen molar-refractivity contribution in [3.05, 3.63) is 65.2 Å². The Hall–Kier alpha value is -2.47. The number of nitrogens with one attached hydrogen (secondary N) is 1. The number of aliphatic hydroxyl groups is 1. The van der Waals surface area contributed by atoms with E-state index in [9.17, 15) is 18.7 Å². The maximum absolute atomic E-state index is 13.3. The van der Waals surface area contributed by atoms with E-state index in [4.69, 9.17) is 4.74 Å². The van der Waals surface area contributed by atoms with Gasteiger partial charge in [-0.2, -0.15) is 0 Å². The molecule has 0 radical (unpaired) electrons. The second-order valence-corrected chi connectivity index (χ2v) is 5.78. The number of halogens is 2. The number of benzene rings is 2. The lowest BCUT2D eigenvalue weighted by Crippen LogP contribution is -2.39. The lowest BCUT2D eigenvalue weighted by Gasteiger charge is -2.25. The van der Waals surface area contributed by atoms with Crippen molar-refractivity contribution in [2.75, 3.05) is 13.2 Å². The van der Waals surface area contributed by atoms with Crippen molar-refractivity contribution >= 4 is 5.91 Å². The summed E-state index contributed by atoms with van der Waals surface area (Å²) in [7, 11) is 0. The summed E-state index contributed by atoms with van der Waals surface area (Å²) in [5.74, 6) is -0.886. The smallest absolute Gasteiger partial charge is 0.226 e. The van der Waals surface area contributed by atoms with Crippen molar-refractivity contribution < 1.29 is 23.4 Å². The van der Waals surface area contributed by atoms with Crippen LogP contribution in [0.25, 0.3) is 0 Å². The summed E-state index contributed by atoms with van der Waals surface area (Å²) in [6.45, 7) is 0.216. The first kappa shape index (κ1) is 16.4. The van der Waals surface area contributed by atoms with Gasteiger partial charge in [-0.3, -0.25) is 4.79 Å². The second kappa shape index (κ2) is 6.97. The van der Waals surface area contributed by atoms with Gasteiger partial charge in [-0.1, -0.05) is 12.1 Å². The molecule has 0 aromatic heterocycles. The van der Waals surface area contributed by atoms with Gasteiger partial charge >= 0.3 is 0 Å². The average molecular weight is 333 g/mol. The molecule has 0 spiro atoms. The van der Waals surface area contributed by atoms with Gasteiger partial charge in [0.2, 0.25) is 5.91 Å². The van der Waals surface area contributed by atoms with Gasteiger partial charge in [-0.05, 0) is 47.9 Å². The normalized spacial score (nSPS) is 17.5. The molecule has 2 aromatic rings. The van der Waals surface area contributed by atoms with Crippen LogP contribution in [0.2, 0.25) is 0 Å². The lowest BCUT2D eigenvalue weighted by molar-refractivity contribution is -0.126. The van der Waals surface area contributed by atoms with Gasteiger partial charge < -0.3 is 15.2 Å². The van der Waals surface area contributed by atoms with E-state index in [0.29, 0.717) is 23.3 Å². The Bertz CT molecular complexity index is 734. The molecule has 2 unspecified atom stereocenters. The Morgan fingerprint density at radius 2 is 1.92 bits per heavy atom. The highest BCUT2D eigenvalue weighted by molar-refractivity contribution is 5.79. The van der Waals surface area contributed by atoms with Crippen LogP contribution in [-0.4, -0.2) is 24.2 Å². The lowest BCUT2D eigenvalue weighted by atomic mass is 9.96. The summed E-state index contributed by atoms with van der Waals surface area (Å²) < 4.78 is 31.6. The van der Waals surface area contributed by atoms with E-state index in [1.54, 1.807) is 6.07 Å². The molecule has 3 rings (SSSR count). The Kier molecular flexibility index (Phi) is 4.76. The minimum absolute atomic E-state index is 0.0109. The standard InChI is InChI=1S/C18H17F2NO3/c19-14-3-1-11(2-4-14)16(22)9-21-18(23)13-7-12-8-15(20)5-6-17(12)24-10-13/h1-6,8,13,16,22H,7,9-10H2,(H,21,23). The van der Waals surface area contributed by atoms with Crippen molar-refractivity contribution in [3.8, 4) is 5.75 Å². The molecule has 1 aliphatic heterocycles. The predicted octanol–water partition coefficient (Wildman–Crippen LogP) is 2.37. The molecule has 6 heteroatoms. The number of fused-ring (bicyclic) bond motifs is 1. The number of hydrogen-bond acceptors (Lipinski definition) is 3. The zero-order valence-electron chi connectivity index (χ0n) is 12.8. The average Bonchev–Trinajstić information content (AvgIpc) is 2.59. The Morgan fingerprint density at radius 3 is 2.67 bits per heavy atom. The fourth-order valence-electron chi connectivity index (χ4n) is 2.68. The van der Waals surface area contributed by atoms with Crippen LogP contribution in [-0.2, 0) is 11.2 Å². The summed E-state index contributed by atoms with van der Waals surface area (Å²) in [6.07, 6.45) is -0.547. The maximum Gasteiger partial charge on any atom is 0.226 e. The number of carbonyl (C=O) groups is 1. The van der Waals surface area contributed by atoms with Gasteiger partial charge in [0.1, 0.15) is 24.0 Å². The molecule has 1 heterocycles. The van der Waals surface area contributed by atoms with E-state index < -0.39 is 12.0 Å². The zero-order chi connectivity index (χ0) is 17.1. The van der Waals surface area contributed by atoms with Crippen LogP contribution in [0.3, 0.4) is 0 Å². The third-order valence-corrected chi connectivity index (χ3v) is 4.02. The zero-order valence-corrected chi connectivity index (χ0v) is 12.8. The molecule has 0 saturated heterocycles. The third-order valence-electron chi connectivity index (χ3n) is 4.02. The van der Waals surface area contributed by atoms with E-state index in [-0.39, 0.29) is 30.7 Å². The van der Waals surface area contributed by atoms with Crippen molar-refractivity contribution in [1.82, 2.24) is 5.32 Å². The van der Waals surface area contributed by atoms with Gasteiger partial charge in [0.05, 0.1) is 12.0 Å². The number of hydrogen-bond donors (Lipinski definition) is 2. The van der Waals surface area contributed by atoms with Crippen molar-refractivity contribution in [2.45, 2.75) is 12.5 Å². The third kappa shape index (κ3) is 3.71. The second-order valence-electron chi connectivity index (χ2n) is 5.78. The number of aliphatic hydroxyl groups excluding tert-OH is 1. The number of ether oxygens (including phenoxy) is 1. The molecule has 2 atom stereocenters. The number of rotatable bonds is 4. The molecular formula is C18H17F2NO3. The number of amides is 1. The molecule has 1 aliphatic rings.